The Bertz CT molecular complexity index is 584. The Balaban J connectivity index is 2.29. The quantitative estimate of drug-likeness (QED) is 0.614. The molecular formula is C19H18OS. The van der Waals surface area contributed by atoms with Crippen molar-refractivity contribution in [1.29, 1.82) is 0 Å². The topological polar surface area (TPSA) is 9.23 Å². The van der Waals surface area contributed by atoms with Crippen LogP contribution in [0.2, 0.25) is 0 Å². The molecule has 3 aromatic rings. The van der Waals surface area contributed by atoms with Gasteiger partial charge in [-0.15, -0.1) is 0 Å². The van der Waals surface area contributed by atoms with Gasteiger partial charge in [-0.3, -0.25) is 0 Å². The van der Waals surface area contributed by atoms with Gasteiger partial charge in [0.25, 0.3) is 0 Å². The standard InChI is InChI=1S/C19H18OS/c1-20-21(17-11-5-2-6-12-17,18-13-7-3-8-14-18)19-15-9-4-10-16-19/h2-16H,1H3. The van der Waals surface area contributed by atoms with Crippen LogP contribution in [0, 0.1) is 0 Å². The van der Waals surface area contributed by atoms with Crippen molar-refractivity contribution in [3.8, 4) is 0 Å². The Morgan fingerprint density at radius 3 is 1.05 bits per heavy atom. The summed E-state index contributed by atoms with van der Waals surface area (Å²) < 4.78 is 6.18. The lowest BCUT2D eigenvalue weighted by molar-refractivity contribution is 0.462. The zero-order valence-corrected chi connectivity index (χ0v) is 12.8. The summed E-state index contributed by atoms with van der Waals surface area (Å²) >= 11 is 0. The molecule has 0 amide bonds. The minimum absolute atomic E-state index is 1.21. The average Bonchev–Trinajstić information content (AvgIpc) is 2.59. The van der Waals surface area contributed by atoms with E-state index in [4.69, 9.17) is 4.18 Å². The van der Waals surface area contributed by atoms with Crippen molar-refractivity contribution < 1.29 is 4.18 Å². The van der Waals surface area contributed by atoms with E-state index in [9.17, 15) is 0 Å². The molecule has 21 heavy (non-hydrogen) atoms. The number of benzene rings is 3. The van der Waals surface area contributed by atoms with Gasteiger partial charge in [0, 0.05) is 21.8 Å². The summed E-state index contributed by atoms with van der Waals surface area (Å²) in [7, 11) is 0.137. The lowest BCUT2D eigenvalue weighted by Crippen LogP contribution is -2.05. The second-order valence-corrected chi connectivity index (χ2v) is 7.52. The highest BCUT2D eigenvalue weighted by Gasteiger charge is 2.30. The third-order valence-electron chi connectivity index (χ3n) is 3.48. The van der Waals surface area contributed by atoms with Crippen molar-refractivity contribution in [2.75, 3.05) is 7.11 Å². The van der Waals surface area contributed by atoms with E-state index in [1.165, 1.54) is 14.7 Å². The van der Waals surface area contributed by atoms with Gasteiger partial charge >= 0.3 is 0 Å². The molecule has 106 valence electrons. The lowest BCUT2D eigenvalue weighted by Gasteiger charge is -2.39. The molecule has 3 aromatic carbocycles. The third kappa shape index (κ3) is 2.48. The van der Waals surface area contributed by atoms with Crippen LogP contribution in [-0.4, -0.2) is 7.11 Å². The maximum atomic E-state index is 6.18. The van der Waals surface area contributed by atoms with Crippen LogP contribution in [-0.2, 0) is 4.18 Å². The van der Waals surface area contributed by atoms with Crippen LogP contribution in [0.5, 0.6) is 0 Å². The van der Waals surface area contributed by atoms with E-state index in [1.807, 2.05) is 25.3 Å². The zero-order valence-electron chi connectivity index (χ0n) is 12.0. The van der Waals surface area contributed by atoms with Crippen LogP contribution in [0.25, 0.3) is 0 Å². The molecule has 0 aliphatic carbocycles. The number of rotatable bonds is 4. The minimum Gasteiger partial charge on any atom is -0.327 e. The summed E-state index contributed by atoms with van der Waals surface area (Å²) in [5.41, 5.74) is 0. The zero-order chi connectivity index (χ0) is 14.5. The number of hydrogen-bond donors (Lipinski definition) is 0. The Morgan fingerprint density at radius 1 is 0.524 bits per heavy atom. The Morgan fingerprint density at radius 2 is 0.810 bits per heavy atom. The molecular weight excluding hydrogens is 276 g/mol. The predicted molar refractivity (Wildman–Crippen MR) is 88.7 cm³/mol. The summed E-state index contributed by atoms with van der Waals surface area (Å²) in [4.78, 5) is 3.64. The monoisotopic (exact) mass is 294 g/mol. The number of hydrogen-bond acceptors (Lipinski definition) is 1. The van der Waals surface area contributed by atoms with E-state index in [0.717, 1.165) is 0 Å². The summed E-state index contributed by atoms with van der Waals surface area (Å²) in [5.74, 6) is 0. The molecule has 0 unspecified atom stereocenters. The van der Waals surface area contributed by atoms with Crippen molar-refractivity contribution in [2.24, 2.45) is 0 Å². The minimum atomic E-state index is -1.67. The average molecular weight is 294 g/mol. The van der Waals surface area contributed by atoms with Crippen LogP contribution < -0.4 is 0 Å². The van der Waals surface area contributed by atoms with E-state index in [2.05, 4.69) is 72.8 Å². The Hall–Kier alpha value is -2.03. The first kappa shape index (κ1) is 13.9. The molecule has 0 radical (unpaired) electrons. The third-order valence-corrected chi connectivity index (χ3v) is 6.78. The fraction of sp³-hybridized carbons (Fsp3) is 0.0526. The second kappa shape index (κ2) is 6.17. The first-order valence-corrected chi connectivity index (χ1v) is 8.48. The Labute approximate surface area is 127 Å². The van der Waals surface area contributed by atoms with Crippen LogP contribution in [0.15, 0.2) is 106 Å². The molecule has 1 nitrogen and oxygen atoms in total. The van der Waals surface area contributed by atoms with E-state index < -0.39 is 10.3 Å². The van der Waals surface area contributed by atoms with Crippen LogP contribution >= 0.6 is 10.3 Å². The van der Waals surface area contributed by atoms with Gasteiger partial charge in [0.1, 0.15) is 0 Å². The largest absolute Gasteiger partial charge is 0.327 e. The van der Waals surface area contributed by atoms with E-state index in [-0.39, 0.29) is 0 Å². The van der Waals surface area contributed by atoms with Gasteiger partial charge in [0.2, 0.25) is 0 Å². The Kier molecular flexibility index (Phi) is 4.09. The van der Waals surface area contributed by atoms with Crippen molar-refractivity contribution in [3.63, 3.8) is 0 Å². The highest BCUT2D eigenvalue weighted by molar-refractivity contribution is 8.30. The van der Waals surface area contributed by atoms with Crippen molar-refractivity contribution >= 4 is 10.3 Å². The van der Waals surface area contributed by atoms with Gasteiger partial charge < -0.3 is 4.18 Å². The smallest absolute Gasteiger partial charge is 0.0494 e. The van der Waals surface area contributed by atoms with Crippen LogP contribution in [0.1, 0.15) is 0 Å². The lowest BCUT2D eigenvalue weighted by atomic mass is 10.4. The van der Waals surface area contributed by atoms with E-state index in [1.54, 1.807) is 0 Å². The normalized spacial score (nSPS) is 12.0. The molecule has 0 N–H and O–H groups in total. The van der Waals surface area contributed by atoms with Crippen molar-refractivity contribution in [2.45, 2.75) is 14.7 Å². The van der Waals surface area contributed by atoms with Gasteiger partial charge in [-0.2, -0.15) is 0 Å². The van der Waals surface area contributed by atoms with Gasteiger partial charge in [-0.25, -0.2) is 0 Å². The first-order chi connectivity index (χ1) is 10.4. The maximum absolute atomic E-state index is 6.18. The molecule has 0 fully saturated rings. The van der Waals surface area contributed by atoms with Crippen LogP contribution in [0.3, 0.4) is 0 Å². The van der Waals surface area contributed by atoms with E-state index in [0.29, 0.717) is 0 Å². The summed E-state index contributed by atoms with van der Waals surface area (Å²) in [6.45, 7) is 0. The summed E-state index contributed by atoms with van der Waals surface area (Å²) in [6.07, 6.45) is 0. The fourth-order valence-electron chi connectivity index (χ4n) is 2.53. The van der Waals surface area contributed by atoms with E-state index >= 15 is 0 Å². The molecule has 3 rings (SSSR count). The first-order valence-electron chi connectivity index (χ1n) is 6.92. The second-order valence-electron chi connectivity index (χ2n) is 4.66. The molecule has 0 saturated heterocycles. The molecule has 0 spiro atoms. The highest BCUT2D eigenvalue weighted by atomic mass is 32.3. The molecule has 0 aliphatic rings. The molecule has 0 heterocycles. The molecule has 2 heteroatoms. The summed E-state index contributed by atoms with van der Waals surface area (Å²) in [6, 6.07) is 31.5. The van der Waals surface area contributed by atoms with Gasteiger partial charge in [0.15, 0.2) is 0 Å². The van der Waals surface area contributed by atoms with Gasteiger partial charge in [-0.05, 0) is 36.4 Å². The van der Waals surface area contributed by atoms with Gasteiger partial charge in [0.05, 0.1) is 0 Å². The van der Waals surface area contributed by atoms with Crippen molar-refractivity contribution in [3.05, 3.63) is 91.0 Å². The SMILES string of the molecule is COS(c1ccccc1)(c1ccccc1)c1ccccc1. The molecule has 0 saturated carbocycles. The van der Waals surface area contributed by atoms with Crippen LogP contribution in [0.4, 0.5) is 0 Å². The molecule has 0 aromatic heterocycles. The maximum Gasteiger partial charge on any atom is 0.0494 e. The molecule has 0 bridgehead atoms. The fourth-order valence-corrected chi connectivity index (χ4v) is 5.55. The van der Waals surface area contributed by atoms with Crippen molar-refractivity contribution in [1.82, 2.24) is 0 Å². The highest BCUT2D eigenvalue weighted by Crippen LogP contribution is 2.68. The predicted octanol–water partition coefficient (Wildman–Crippen LogP) is 5.53. The molecule has 0 aliphatic heterocycles. The van der Waals surface area contributed by atoms with Gasteiger partial charge in [-0.1, -0.05) is 64.9 Å². The summed E-state index contributed by atoms with van der Waals surface area (Å²) in [5, 5.41) is 0. The molecule has 0 atom stereocenters.